The van der Waals surface area contributed by atoms with Gasteiger partial charge in [0.1, 0.15) is 4.88 Å². The Labute approximate surface area is 159 Å². The Kier molecular flexibility index (Phi) is 4.74. The van der Waals surface area contributed by atoms with Crippen molar-refractivity contribution in [3.63, 3.8) is 0 Å². The van der Waals surface area contributed by atoms with Crippen molar-refractivity contribution in [2.75, 3.05) is 19.7 Å². The van der Waals surface area contributed by atoms with Crippen molar-refractivity contribution in [2.45, 2.75) is 6.10 Å². The number of morpholine rings is 1. The molecule has 2 amide bonds. The van der Waals surface area contributed by atoms with Crippen molar-refractivity contribution >= 4 is 23.2 Å². The van der Waals surface area contributed by atoms with Gasteiger partial charge in [-0.25, -0.2) is 4.98 Å². The smallest absolute Gasteiger partial charge is 0.266 e. The number of hydrogen-bond donors (Lipinski definition) is 1. The fourth-order valence-electron chi connectivity index (χ4n) is 2.91. The van der Waals surface area contributed by atoms with Crippen LogP contribution in [0.15, 0.2) is 53.1 Å². The first-order valence-electron chi connectivity index (χ1n) is 8.44. The maximum absolute atomic E-state index is 13.2. The molecule has 27 heavy (non-hydrogen) atoms. The van der Waals surface area contributed by atoms with Crippen molar-refractivity contribution < 1.29 is 18.7 Å². The minimum atomic E-state index is -0.791. The molecule has 8 heteroatoms. The van der Waals surface area contributed by atoms with Crippen LogP contribution in [-0.2, 0) is 9.53 Å². The number of thiazole rings is 1. The minimum absolute atomic E-state index is 0.135. The third kappa shape index (κ3) is 3.49. The van der Waals surface area contributed by atoms with Crippen molar-refractivity contribution in [3.8, 4) is 22.0 Å². The average molecular weight is 383 g/mol. The van der Waals surface area contributed by atoms with E-state index in [1.54, 1.807) is 23.3 Å². The van der Waals surface area contributed by atoms with Crippen LogP contribution >= 0.6 is 11.3 Å². The van der Waals surface area contributed by atoms with E-state index in [1.807, 2.05) is 30.3 Å². The first-order chi connectivity index (χ1) is 13.1. The normalized spacial score (nSPS) is 17.0. The third-order valence-electron chi connectivity index (χ3n) is 4.27. The maximum Gasteiger partial charge on any atom is 0.266 e. The van der Waals surface area contributed by atoms with Crippen molar-refractivity contribution in [1.29, 1.82) is 0 Å². The Balaban J connectivity index is 1.72. The summed E-state index contributed by atoms with van der Waals surface area (Å²) in [6, 6.07) is 13.1. The van der Waals surface area contributed by atoms with E-state index in [1.165, 1.54) is 11.3 Å². The van der Waals surface area contributed by atoms with E-state index in [0.29, 0.717) is 27.9 Å². The second-order valence-corrected chi connectivity index (χ2v) is 7.05. The number of amides is 2. The Morgan fingerprint density at radius 3 is 2.70 bits per heavy atom. The molecule has 138 valence electrons. The third-order valence-corrected chi connectivity index (χ3v) is 5.33. The molecule has 0 aliphatic carbocycles. The average Bonchev–Trinajstić information content (AvgIpc) is 3.38. The first-order valence-corrected chi connectivity index (χ1v) is 9.25. The lowest BCUT2D eigenvalue weighted by Crippen LogP contribution is -2.50. The number of ether oxygens (including phenoxy) is 1. The number of nitrogens with two attached hydrogens (primary N) is 1. The number of hydrogen-bond acceptors (Lipinski definition) is 6. The van der Waals surface area contributed by atoms with Gasteiger partial charge >= 0.3 is 0 Å². The largest absolute Gasteiger partial charge is 0.462 e. The lowest BCUT2D eigenvalue weighted by atomic mass is 10.1. The molecule has 1 aliphatic rings. The molecule has 3 aromatic rings. The minimum Gasteiger partial charge on any atom is -0.462 e. The lowest BCUT2D eigenvalue weighted by Gasteiger charge is -2.31. The van der Waals surface area contributed by atoms with Crippen LogP contribution < -0.4 is 5.73 Å². The fourth-order valence-corrected chi connectivity index (χ4v) is 3.94. The molecule has 1 unspecified atom stereocenters. The van der Waals surface area contributed by atoms with Crippen molar-refractivity contribution in [2.24, 2.45) is 5.73 Å². The predicted molar refractivity (Wildman–Crippen MR) is 100 cm³/mol. The van der Waals surface area contributed by atoms with E-state index in [0.717, 1.165) is 5.56 Å². The van der Waals surface area contributed by atoms with Crippen LogP contribution in [0.4, 0.5) is 0 Å². The fraction of sp³-hybridized carbons (Fsp3) is 0.211. The SMILES string of the molecule is NC(=O)C1CN(C(=O)c2sc(-c3ccco3)nc2-c2ccccc2)CCO1. The predicted octanol–water partition coefficient (Wildman–Crippen LogP) is 2.40. The molecule has 4 rings (SSSR count). The van der Waals surface area contributed by atoms with E-state index in [2.05, 4.69) is 4.98 Å². The quantitative estimate of drug-likeness (QED) is 0.746. The van der Waals surface area contributed by atoms with E-state index in [-0.39, 0.29) is 19.1 Å². The molecular weight excluding hydrogens is 366 g/mol. The molecule has 1 aromatic carbocycles. The number of primary amides is 1. The van der Waals surface area contributed by atoms with Crippen LogP contribution in [0, 0.1) is 0 Å². The lowest BCUT2D eigenvalue weighted by molar-refractivity contribution is -0.133. The number of carbonyl (C=O) groups is 2. The number of rotatable bonds is 4. The summed E-state index contributed by atoms with van der Waals surface area (Å²) in [5.41, 5.74) is 6.77. The Morgan fingerprint density at radius 1 is 1.19 bits per heavy atom. The van der Waals surface area contributed by atoms with Gasteiger partial charge in [-0.15, -0.1) is 11.3 Å². The molecule has 0 spiro atoms. The second kappa shape index (κ2) is 7.34. The van der Waals surface area contributed by atoms with Crippen LogP contribution in [-0.4, -0.2) is 47.5 Å². The molecule has 0 bridgehead atoms. The van der Waals surface area contributed by atoms with Gasteiger partial charge in [0.2, 0.25) is 5.91 Å². The highest BCUT2D eigenvalue weighted by Gasteiger charge is 2.31. The van der Waals surface area contributed by atoms with Gasteiger partial charge in [0, 0.05) is 12.1 Å². The van der Waals surface area contributed by atoms with Gasteiger partial charge in [-0.2, -0.15) is 0 Å². The number of carbonyl (C=O) groups excluding carboxylic acids is 2. The zero-order chi connectivity index (χ0) is 18.8. The first kappa shape index (κ1) is 17.4. The second-order valence-electron chi connectivity index (χ2n) is 6.05. The van der Waals surface area contributed by atoms with E-state index < -0.39 is 12.0 Å². The molecule has 7 nitrogen and oxygen atoms in total. The molecule has 2 aromatic heterocycles. The number of benzene rings is 1. The summed E-state index contributed by atoms with van der Waals surface area (Å²) in [6.45, 7) is 0.797. The van der Waals surface area contributed by atoms with Gasteiger partial charge in [-0.1, -0.05) is 30.3 Å². The monoisotopic (exact) mass is 383 g/mol. The van der Waals surface area contributed by atoms with Gasteiger partial charge in [-0.05, 0) is 12.1 Å². The molecule has 0 saturated carbocycles. The van der Waals surface area contributed by atoms with Gasteiger partial charge in [0.25, 0.3) is 5.91 Å². The molecule has 1 aliphatic heterocycles. The Hall–Kier alpha value is -2.97. The van der Waals surface area contributed by atoms with Crippen LogP contribution in [0.5, 0.6) is 0 Å². The summed E-state index contributed by atoms with van der Waals surface area (Å²) in [7, 11) is 0. The van der Waals surface area contributed by atoms with Crippen LogP contribution in [0.25, 0.3) is 22.0 Å². The highest BCUT2D eigenvalue weighted by molar-refractivity contribution is 7.17. The van der Waals surface area contributed by atoms with Gasteiger partial charge in [-0.3, -0.25) is 9.59 Å². The number of furan rings is 1. The summed E-state index contributed by atoms with van der Waals surface area (Å²) in [4.78, 5) is 31.4. The van der Waals surface area contributed by atoms with Crippen molar-refractivity contribution in [1.82, 2.24) is 9.88 Å². The zero-order valence-electron chi connectivity index (χ0n) is 14.3. The molecule has 1 saturated heterocycles. The highest BCUT2D eigenvalue weighted by atomic mass is 32.1. The molecule has 2 N–H and O–H groups in total. The van der Waals surface area contributed by atoms with Gasteiger partial charge in [0.05, 0.1) is 25.1 Å². The Bertz CT molecular complexity index is 953. The molecule has 1 atom stereocenters. The topological polar surface area (TPSA) is 98.7 Å². The summed E-state index contributed by atoms with van der Waals surface area (Å²) >= 11 is 1.27. The standard InChI is InChI=1S/C19H17N3O4S/c20-17(23)14-11-22(8-10-26-14)19(24)16-15(12-5-2-1-3-6-12)21-18(27-16)13-7-4-9-25-13/h1-7,9,14H,8,10-11H2,(H2,20,23). The number of aromatic nitrogens is 1. The summed E-state index contributed by atoms with van der Waals surface area (Å²) in [6.07, 6.45) is 0.778. The van der Waals surface area contributed by atoms with Crippen LogP contribution in [0.2, 0.25) is 0 Å². The van der Waals surface area contributed by atoms with E-state index in [9.17, 15) is 9.59 Å². The number of nitrogens with zero attached hydrogens (tertiary/aromatic N) is 2. The van der Waals surface area contributed by atoms with Crippen LogP contribution in [0.1, 0.15) is 9.67 Å². The summed E-state index contributed by atoms with van der Waals surface area (Å²) in [5.74, 6) is -0.164. The molecular formula is C19H17N3O4S. The highest BCUT2D eigenvalue weighted by Crippen LogP contribution is 2.35. The molecule has 0 radical (unpaired) electrons. The van der Waals surface area contributed by atoms with Crippen molar-refractivity contribution in [3.05, 3.63) is 53.6 Å². The molecule has 1 fully saturated rings. The maximum atomic E-state index is 13.2. The zero-order valence-corrected chi connectivity index (χ0v) is 15.1. The van der Waals surface area contributed by atoms with Crippen LogP contribution in [0.3, 0.4) is 0 Å². The molecule has 3 heterocycles. The summed E-state index contributed by atoms with van der Waals surface area (Å²) < 4.78 is 10.8. The van der Waals surface area contributed by atoms with Gasteiger partial charge < -0.3 is 19.8 Å². The van der Waals surface area contributed by atoms with Gasteiger partial charge in [0.15, 0.2) is 16.9 Å². The summed E-state index contributed by atoms with van der Waals surface area (Å²) in [5, 5.41) is 0.627. The Morgan fingerprint density at radius 2 is 2.00 bits per heavy atom. The van der Waals surface area contributed by atoms with E-state index >= 15 is 0 Å². The van der Waals surface area contributed by atoms with E-state index in [4.69, 9.17) is 14.9 Å².